The van der Waals surface area contributed by atoms with E-state index in [-0.39, 0.29) is 0 Å². The van der Waals surface area contributed by atoms with E-state index in [1.165, 1.54) is 47.8 Å². The number of rotatable bonds is 2. The minimum absolute atomic E-state index is 0.610. The number of likely N-dealkylation sites (tertiary alicyclic amines) is 1. The third kappa shape index (κ3) is 2.69. The Balaban J connectivity index is 1.57. The fourth-order valence-electron chi connectivity index (χ4n) is 4.16. The van der Waals surface area contributed by atoms with E-state index in [1.807, 2.05) is 0 Å². The molecule has 1 saturated heterocycles. The molecule has 2 aromatic carbocycles. The second-order valence-corrected chi connectivity index (χ2v) is 7.48. The van der Waals surface area contributed by atoms with Gasteiger partial charge in [0.05, 0.1) is 16.7 Å². The molecule has 4 aromatic rings. The number of piperidine rings is 1. The maximum absolute atomic E-state index is 5.06. The van der Waals surface area contributed by atoms with Crippen LogP contribution in [0.5, 0.6) is 0 Å². The molecule has 0 atom stereocenters. The predicted octanol–water partition coefficient (Wildman–Crippen LogP) is 5.19. The summed E-state index contributed by atoms with van der Waals surface area (Å²) in [6.45, 7) is 2.34. The molecule has 0 radical (unpaired) electrons. The van der Waals surface area contributed by atoms with Gasteiger partial charge in [-0.05, 0) is 73.4 Å². The molecule has 3 heterocycles. The van der Waals surface area contributed by atoms with E-state index in [4.69, 9.17) is 4.98 Å². The van der Waals surface area contributed by atoms with Crippen molar-refractivity contribution in [2.45, 2.75) is 18.8 Å². The van der Waals surface area contributed by atoms with Crippen LogP contribution < -0.4 is 0 Å². The van der Waals surface area contributed by atoms with Gasteiger partial charge < -0.3 is 9.88 Å². The van der Waals surface area contributed by atoms with E-state index in [2.05, 4.69) is 77.7 Å². The van der Waals surface area contributed by atoms with Crippen LogP contribution in [0.2, 0.25) is 0 Å². The Bertz CT molecular complexity index is 1070. The van der Waals surface area contributed by atoms with Crippen molar-refractivity contribution >= 4 is 21.8 Å². The zero-order valence-electron chi connectivity index (χ0n) is 15.1. The maximum atomic E-state index is 5.06. The lowest BCUT2D eigenvalue weighted by molar-refractivity contribution is 0.256. The third-order valence-electron chi connectivity index (χ3n) is 5.76. The molecule has 3 heteroatoms. The molecule has 1 aliphatic rings. The molecule has 1 N–H and O–H groups in total. The van der Waals surface area contributed by atoms with Crippen LogP contribution in [0.3, 0.4) is 0 Å². The van der Waals surface area contributed by atoms with E-state index in [9.17, 15) is 0 Å². The highest BCUT2D eigenvalue weighted by atomic mass is 15.1. The monoisotopic (exact) mass is 341 g/mol. The fourth-order valence-corrected chi connectivity index (χ4v) is 4.16. The van der Waals surface area contributed by atoms with Crippen LogP contribution in [0.1, 0.15) is 24.3 Å². The molecule has 0 amide bonds. The van der Waals surface area contributed by atoms with Crippen LogP contribution in [-0.2, 0) is 0 Å². The number of fused-ring (bicyclic) bond motifs is 2. The molecule has 0 unspecified atom stereocenters. The van der Waals surface area contributed by atoms with Gasteiger partial charge in [-0.25, -0.2) is 4.98 Å². The van der Waals surface area contributed by atoms with E-state index in [0.29, 0.717) is 5.92 Å². The van der Waals surface area contributed by atoms with E-state index >= 15 is 0 Å². The van der Waals surface area contributed by atoms with Gasteiger partial charge >= 0.3 is 0 Å². The maximum Gasteiger partial charge on any atom is 0.0921 e. The molecule has 26 heavy (non-hydrogen) atoms. The van der Waals surface area contributed by atoms with Crippen molar-refractivity contribution < 1.29 is 0 Å². The van der Waals surface area contributed by atoms with Gasteiger partial charge in [-0.3, -0.25) is 0 Å². The lowest BCUT2D eigenvalue weighted by atomic mass is 9.90. The van der Waals surface area contributed by atoms with Crippen molar-refractivity contribution in [2.75, 3.05) is 20.1 Å². The molecule has 0 saturated carbocycles. The molecule has 0 spiro atoms. The highest BCUT2D eigenvalue weighted by Gasteiger charge is 2.22. The van der Waals surface area contributed by atoms with Gasteiger partial charge in [-0.15, -0.1) is 0 Å². The molecule has 5 rings (SSSR count). The molecule has 130 valence electrons. The summed E-state index contributed by atoms with van der Waals surface area (Å²) in [7, 11) is 2.21. The summed E-state index contributed by atoms with van der Waals surface area (Å²) in [4.78, 5) is 10.9. The summed E-state index contributed by atoms with van der Waals surface area (Å²) in [5.74, 6) is 0.610. The van der Waals surface area contributed by atoms with Crippen LogP contribution in [0, 0.1) is 0 Å². The Hall–Kier alpha value is -2.65. The van der Waals surface area contributed by atoms with Crippen LogP contribution in [0.4, 0.5) is 0 Å². The van der Waals surface area contributed by atoms with Gasteiger partial charge in [-0.2, -0.15) is 0 Å². The van der Waals surface area contributed by atoms with Crippen LogP contribution in [-0.4, -0.2) is 35.0 Å². The standard InChI is InChI=1S/C23H23N3/c1-26-12-10-17(11-13-26)20-15-24-22-9-8-21(25-23(20)22)19-7-6-16-4-2-3-5-18(16)14-19/h2-9,14-15,17,24H,10-13H2,1H3. The first-order valence-electron chi connectivity index (χ1n) is 9.44. The number of benzene rings is 2. The van der Waals surface area contributed by atoms with Gasteiger partial charge in [0.25, 0.3) is 0 Å². The normalized spacial score (nSPS) is 16.5. The Morgan fingerprint density at radius 2 is 1.77 bits per heavy atom. The Labute approximate surface area is 153 Å². The highest BCUT2D eigenvalue weighted by molar-refractivity contribution is 5.88. The zero-order valence-corrected chi connectivity index (χ0v) is 15.1. The van der Waals surface area contributed by atoms with E-state index < -0.39 is 0 Å². The number of hydrogen-bond donors (Lipinski definition) is 1. The number of nitrogens with one attached hydrogen (secondary N) is 1. The largest absolute Gasteiger partial charge is 0.360 e. The number of aromatic nitrogens is 2. The fraction of sp³-hybridized carbons (Fsp3) is 0.261. The molecule has 2 aromatic heterocycles. The van der Waals surface area contributed by atoms with Crippen LogP contribution in [0.25, 0.3) is 33.1 Å². The van der Waals surface area contributed by atoms with E-state index in [1.54, 1.807) is 0 Å². The lowest BCUT2D eigenvalue weighted by Gasteiger charge is -2.28. The number of hydrogen-bond acceptors (Lipinski definition) is 2. The Kier molecular flexibility index (Phi) is 3.75. The Morgan fingerprint density at radius 1 is 0.962 bits per heavy atom. The third-order valence-corrected chi connectivity index (χ3v) is 5.76. The number of nitrogens with zero attached hydrogens (tertiary/aromatic N) is 2. The van der Waals surface area contributed by atoms with Crippen molar-refractivity contribution in [3.63, 3.8) is 0 Å². The average molecular weight is 341 g/mol. The zero-order chi connectivity index (χ0) is 17.5. The molecule has 1 fully saturated rings. The molecule has 0 aliphatic carbocycles. The average Bonchev–Trinajstić information content (AvgIpc) is 3.11. The quantitative estimate of drug-likeness (QED) is 0.544. The van der Waals surface area contributed by atoms with Crippen LogP contribution in [0.15, 0.2) is 60.8 Å². The smallest absolute Gasteiger partial charge is 0.0921 e. The predicted molar refractivity (Wildman–Crippen MR) is 109 cm³/mol. The number of aromatic amines is 1. The van der Waals surface area contributed by atoms with Gasteiger partial charge in [0.2, 0.25) is 0 Å². The van der Waals surface area contributed by atoms with Crippen molar-refractivity contribution in [3.8, 4) is 11.3 Å². The first kappa shape index (κ1) is 15.6. The van der Waals surface area contributed by atoms with Gasteiger partial charge in [-0.1, -0.05) is 36.4 Å². The van der Waals surface area contributed by atoms with E-state index in [0.717, 1.165) is 16.7 Å². The Morgan fingerprint density at radius 3 is 2.62 bits per heavy atom. The van der Waals surface area contributed by atoms with Gasteiger partial charge in [0, 0.05) is 11.8 Å². The topological polar surface area (TPSA) is 31.9 Å². The molecule has 1 aliphatic heterocycles. The summed E-state index contributed by atoms with van der Waals surface area (Å²) in [5.41, 5.74) is 5.91. The number of pyridine rings is 1. The minimum Gasteiger partial charge on any atom is -0.360 e. The van der Waals surface area contributed by atoms with Gasteiger partial charge in [0.1, 0.15) is 0 Å². The molecular formula is C23H23N3. The van der Waals surface area contributed by atoms with Crippen molar-refractivity contribution in [2.24, 2.45) is 0 Å². The molecule has 0 bridgehead atoms. The summed E-state index contributed by atoms with van der Waals surface area (Å²) in [6.07, 6.45) is 4.61. The first-order valence-corrected chi connectivity index (χ1v) is 9.44. The molecule has 3 nitrogen and oxygen atoms in total. The summed E-state index contributed by atoms with van der Waals surface area (Å²) < 4.78 is 0. The van der Waals surface area contributed by atoms with Crippen molar-refractivity contribution in [3.05, 3.63) is 66.4 Å². The van der Waals surface area contributed by atoms with Crippen LogP contribution >= 0.6 is 0 Å². The highest BCUT2D eigenvalue weighted by Crippen LogP contribution is 2.33. The summed E-state index contributed by atoms with van der Waals surface area (Å²) in [5, 5.41) is 2.53. The summed E-state index contributed by atoms with van der Waals surface area (Å²) >= 11 is 0. The first-order chi connectivity index (χ1) is 12.8. The van der Waals surface area contributed by atoms with Gasteiger partial charge in [0.15, 0.2) is 0 Å². The van der Waals surface area contributed by atoms with Crippen molar-refractivity contribution in [1.82, 2.24) is 14.9 Å². The number of H-pyrrole nitrogens is 1. The van der Waals surface area contributed by atoms with Crippen molar-refractivity contribution in [1.29, 1.82) is 0 Å². The minimum atomic E-state index is 0.610. The second-order valence-electron chi connectivity index (χ2n) is 7.48. The lowest BCUT2D eigenvalue weighted by Crippen LogP contribution is -2.29. The SMILES string of the molecule is CN1CCC(c2c[nH]c3ccc(-c4ccc5ccccc5c4)nc23)CC1. The second kappa shape index (κ2) is 6.26. The summed E-state index contributed by atoms with van der Waals surface area (Å²) in [6, 6.07) is 19.4. The molecular weight excluding hydrogens is 318 g/mol.